The summed E-state index contributed by atoms with van der Waals surface area (Å²) >= 11 is 0. The van der Waals surface area contributed by atoms with Crippen molar-refractivity contribution < 1.29 is 0 Å². The Hall–Kier alpha value is -1.90. The molecule has 0 radical (unpaired) electrons. The zero-order valence-corrected chi connectivity index (χ0v) is 9.63. The number of rotatable bonds is 0. The van der Waals surface area contributed by atoms with E-state index in [2.05, 4.69) is 0 Å². The zero-order chi connectivity index (χ0) is 11.9. The first kappa shape index (κ1) is 10.3. The molecule has 0 fully saturated rings. The molecule has 1 aliphatic heterocycles. The summed E-state index contributed by atoms with van der Waals surface area (Å²) in [6.45, 7) is 0. The molecule has 0 aromatic heterocycles. The van der Waals surface area contributed by atoms with Crippen LogP contribution in [-0.2, 0) is 0 Å². The van der Waals surface area contributed by atoms with Gasteiger partial charge >= 0.3 is 0 Å². The van der Waals surface area contributed by atoms with Gasteiger partial charge in [0, 0.05) is 23.3 Å². The average molecular weight is 223 g/mol. The Morgan fingerprint density at radius 3 is 1.65 bits per heavy atom. The lowest BCUT2D eigenvalue weighted by atomic mass is 10.1. The van der Waals surface area contributed by atoms with Crippen LogP contribution in [-0.4, -0.2) is 7.05 Å². The topological polar surface area (TPSA) is 23.1 Å². The minimum atomic E-state index is -0.459. The maximum atomic E-state index is 12.9. The van der Waals surface area contributed by atoms with Crippen molar-refractivity contribution in [3.63, 3.8) is 0 Å². The summed E-state index contributed by atoms with van der Waals surface area (Å²) in [6.07, 6.45) is 4.02. The van der Waals surface area contributed by atoms with Gasteiger partial charge in [-0.2, -0.15) is 0 Å². The van der Waals surface area contributed by atoms with Crippen LogP contribution >= 0.6 is 0 Å². The van der Waals surface area contributed by atoms with E-state index in [4.69, 9.17) is 0 Å². The Bertz CT molecular complexity index is 548. The Kier molecular flexibility index (Phi) is 2.15. The zero-order valence-electron chi connectivity index (χ0n) is 9.63. The maximum absolute atomic E-state index is 12.9. The number of hydrogen-bond donors (Lipinski definition) is 0. The second-order valence-electron chi connectivity index (χ2n) is 4.38. The lowest BCUT2D eigenvalue weighted by Gasteiger charge is -2.38. The minimum Gasteiger partial charge on any atom is -0.622 e. The normalized spacial score (nSPS) is 15.9. The molecule has 2 aromatic carbocycles. The summed E-state index contributed by atoms with van der Waals surface area (Å²) in [6, 6.07) is 15.5. The lowest BCUT2D eigenvalue weighted by molar-refractivity contribution is 0.615. The first-order valence-corrected chi connectivity index (χ1v) is 5.64. The van der Waals surface area contributed by atoms with Crippen molar-refractivity contribution in [3.05, 3.63) is 64.9 Å². The standard InChI is InChI=1S/C15H13NO/c1-16(17)14-8-4-2-6-12(14)10-11-13-7-3-5-9-15(13)16/h2-11H,1H3. The van der Waals surface area contributed by atoms with Crippen molar-refractivity contribution in [2.45, 2.75) is 0 Å². The Morgan fingerprint density at radius 1 is 0.765 bits per heavy atom. The van der Waals surface area contributed by atoms with E-state index in [9.17, 15) is 5.21 Å². The molecule has 0 saturated heterocycles. The summed E-state index contributed by atoms with van der Waals surface area (Å²) < 4.78 is -0.459. The molecule has 2 aromatic rings. The largest absolute Gasteiger partial charge is 0.622 e. The molecule has 0 saturated carbocycles. The fourth-order valence-electron chi connectivity index (χ4n) is 2.34. The van der Waals surface area contributed by atoms with E-state index >= 15 is 0 Å². The van der Waals surface area contributed by atoms with Crippen molar-refractivity contribution in [1.29, 1.82) is 0 Å². The number of benzene rings is 2. The summed E-state index contributed by atoms with van der Waals surface area (Å²) in [5.41, 5.74) is 3.55. The molecule has 1 heterocycles. The second-order valence-corrected chi connectivity index (χ2v) is 4.38. The molecular formula is C15H13NO. The van der Waals surface area contributed by atoms with Crippen LogP contribution in [0.2, 0.25) is 0 Å². The Labute approximate surface area is 101 Å². The Balaban J connectivity index is 2.34. The van der Waals surface area contributed by atoms with Crippen molar-refractivity contribution in [2.75, 3.05) is 7.05 Å². The fraction of sp³-hybridized carbons (Fsp3) is 0.0667. The predicted molar refractivity (Wildman–Crippen MR) is 72.6 cm³/mol. The highest BCUT2D eigenvalue weighted by Crippen LogP contribution is 2.40. The highest BCUT2D eigenvalue weighted by molar-refractivity contribution is 5.86. The van der Waals surface area contributed by atoms with Crippen molar-refractivity contribution in [2.24, 2.45) is 0 Å². The van der Waals surface area contributed by atoms with Crippen LogP contribution < -0.4 is 4.65 Å². The maximum Gasteiger partial charge on any atom is 0.145 e. The van der Waals surface area contributed by atoms with E-state index in [-0.39, 0.29) is 0 Å². The van der Waals surface area contributed by atoms with E-state index < -0.39 is 4.65 Å². The molecule has 2 nitrogen and oxygen atoms in total. The van der Waals surface area contributed by atoms with Gasteiger partial charge in [0.2, 0.25) is 0 Å². The third-order valence-corrected chi connectivity index (χ3v) is 3.24. The van der Waals surface area contributed by atoms with Gasteiger partial charge in [0.05, 0.1) is 7.05 Å². The van der Waals surface area contributed by atoms with Crippen LogP contribution in [0, 0.1) is 5.21 Å². The molecule has 1 aliphatic rings. The number of hydrogen-bond acceptors (Lipinski definition) is 1. The summed E-state index contributed by atoms with van der Waals surface area (Å²) in [5, 5.41) is 12.9. The molecule has 0 bridgehead atoms. The van der Waals surface area contributed by atoms with E-state index in [1.807, 2.05) is 60.7 Å². The smallest absolute Gasteiger partial charge is 0.145 e. The Morgan fingerprint density at radius 2 is 1.18 bits per heavy atom. The van der Waals surface area contributed by atoms with E-state index in [1.165, 1.54) is 0 Å². The highest BCUT2D eigenvalue weighted by Gasteiger charge is 2.24. The number of fused-ring (bicyclic) bond motifs is 2. The first-order chi connectivity index (χ1) is 8.19. The molecule has 3 rings (SSSR count). The van der Waals surface area contributed by atoms with Crippen molar-refractivity contribution in [3.8, 4) is 0 Å². The molecule has 17 heavy (non-hydrogen) atoms. The average Bonchev–Trinajstić information content (AvgIpc) is 2.47. The monoisotopic (exact) mass is 223 g/mol. The SMILES string of the molecule is C[N+]1([O-])c2ccccc2C=Cc2ccccc21. The number of hydroxylamine groups is 1. The molecular weight excluding hydrogens is 210 g/mol. The van der Waals surface area contributed by atoms with Gasteiger partial charge in [0.1, 0.15) is 11.4 Å². The van der Waals surface area contributed by atoms with Gasteiger partial charge in [-0.25, -0.2) is 0 Å². The van der Waals surface area contributed by atoms with E-state index in [1.54, 1.807) is 7.05 Å². The quantitative estimate of drug-likeness (QED) is 0.490. The van der Waals surface area contributed by atoms with Crippen LogP contribution in [0.25, 0.3) is 12.2 Å². The van der Waals surface area contributed by atoms with Crippen LogP contribution in [0.1, 0.15) is 11.1 Å². The minimum absolute atomic E-state index is 0.459. The molecule has 0 spiro atoms. The molecule has 0 N–H and O–H groups in total. The highest BCUT2D eigenvalue weighted by atomic mass is 16.5. The van der Waals surface area contributed by atoms with Crippen molar-refractivity contribution in [1.82, 2.24) is 4.65 Å². The predicted octanol–water partition coefficient (Wildman–Crippen LogP) is 3.94. The molecule has 84 valence electrons. The number of para-hydroxylation sites is 2. The van der Waals surface area contributed by atoms with Crippen LogP contribution in [0.15, 0.2) is 48.5 Å². The van der Waals surface area contributed by atoms with E-state index in [0.717, 1.165) is 22.5 Å². The van der Waals surface area contributed by atoms with Gasteiger partial charge in [-0.15, -0.1) is 0 Å². The third kappa shape index (κ3) is 1.50. The molecule has 0 atom stereocenters. The van der Waals surface area contributed by atoms with Gasteiger partial charge < -0.3 is 5.21 Å². The number of nitrogens with zero attached hydrogens (tertiary/aromatic N) is 1. The van der Waals surface area contributed by atoms with E-state index in [0.29, 0.717) is 0 Å². The van der Waals surface area contributed by atoms with Gasteiger partial charge in [-0.3, -0.25) is 4.65 Å². The van der Waals surface area contributed by atoms with Gasteiger partial charge in [-0.1, -0.05) is 24.3 Å². The lowest BCUT2D eigenvalue weighted by Crippen LogP contribution is -2.32. The summed E-state index contributed by atoms with van der Waals surface area (Å²) in [4.78, 5) is 0. The fourth-order valence-corrected chi connectivity index (χ4v) is 2.34. The van der Waals surface area contributed by atoms with Crippen LogP contribution in [0.3, 0.4) is 0 Å². The molecule has 0 unspecified atom stereocenters. The van der Waals surface area contributed by atoms with Crippen LogP contribution in [0.5, 0.6) is 0 Å². The first-order valence-electron chi connectivity index (χ1n) is 5.64. The van der Waals surface area contributed by atoms with Crippen LogP contribution in [0.4, 0.5) is 11.4 Å². The molecule has 2 heteroatoms. The molecule has 0 aliphatic carbocycles. The molecule has 0 amide bonds. The third-order valence-electron chi connectivity index (χ3n) is 3.24. The second kappa shape index (κ2) is 3.55. The summed E-state index contributed by atoms with van der Waals surface area (Å²) in [7, 11) is 1.69. The number of quaternary nitrogens is 1. The van der Waals surface area contributed by atoms with Gasteiger partial charge in [0.25, 0.3) is 0 Å². The summed E-state index contributed by atoms with van der Waals surface area (Å²) in [5.74, 6) is 0. The van der Waals surface area contributed by atoms with Gasteiger partial charge in [0.15, 0.2) is 0 Å². The van der Waals surface area contributed by atoms with Crippen molar-refractivity contribution >= 4 is 23.5 Å². The van der Waals surface area contributed by atoms with Gasteiger partial charge in [-0.05, 0) is 24.3 Å².